The lowest BCUT2D eigenvalue weighted by atomic mass is 10.1. The van der Waals surface area contributed by atoms with Gasteiger partial charge in [0.2, 0.25) is 23.6 Å². The number of methoxy groups -OCH3 is 1. The zero-order chi connectivity index (χ0) is 26.6. The third kappa shape index (κ3) is 14.6. The maximum atomic E-state index is 11.8. The molecule has 0 aromatic carbocycles. The lowest BCUT2D eigenvalue weighted by Gasteiger charge is -2.13. The summed E-state index contributed by atoms with van der Waals surface area (Å²) in [6.07, 6.45) is 2.15. The maximum Gasteiger partial charge on any atom is 0.407 e. The van der Waals surface area contributed by atoms with Gasteiger partial charge in [-0.15, -0.1) is 0 Å². The molecule has 1 atom stereocenters. The zero-order valence-corrected chi connectivity index (χ0v) is 21.3. The van der Waals surface area contributed by atoms with Crippen LogP contribution in [0.25, 0.3) is 0 Å². The molecule has 0 aromatic heterocycles. The highest BCUT2D eigenvalue weighted by Gasteiger charge is 2.34. The predicted molar refractivity (Wildman–Crippen MR) is 128 cm³/mol. The first-order chi connectivity index (χ1) is 17.3. The highest BCUT2D eigenvalue weighted by atomic mass is 16.6. The van der Waals surface area contributed by atoms with E-state index in [4.69, 9.17) is 18.9 Å². The second-order valence-electron chi connectivity index (χ2n) is 8.22. The molecule has 36 heavy (non-hydrogen) atoms. The first-order valence-corrected chi connectivity index (χ1v) is 12.3. The molecule has 1 rings (SSSR count). The van der Waals surface area contributed by atoms with E-state index in [0.29, 0.717) is 45.5 Å². The minimum atomic E-state index is -0.618. The molecule has 0 spiro atoms. The molecule has 1 fully saturated rings. The van der Waals surface area contributed by atoms with Crippen LogP contribution in [0.15, 0.2) is 0 Å². The van der Waals surface area contributed by atoms with Crippen LogP contribution in [0.1, 0.15) is 39.0 Å². The van der Waals surface area contributed by atoms with Crippen molar-refractivity contribution in [2.24, 2.45) is 5.92 Å². The number of likely N-dealkylation sites (tertiary alicyclic amines) is 1. The fourth-order valence-corrected chi connectivity index (χ4v) is 3.25. The Balaban J connectivity index is 1.86. The van der Waals surface area contributed by atoms with Crippen molar-refractivity contribution in [3.63, 3.8) is 0 Å². The van der Waals surface area contributed by atoms with Crippen LogP contribution in [0.4, 0.5) is 4.79 Å². The number of amides is 5. The summed E-state index contributed by atoms with van der Waals surface area (Å²) in [5, 5.41) is 7.84. The average molecular weight is 517 g/mol. The van der Waals surface area contributed by atoms with Crippen LogP contribution in [0.2, 0.25) is 0 Å². The van der Waals surface area contributed by atoms with E-state index in [2.05, 4.69) is 16.0 Å². The largest absolute Gasteiger partial charge is 0.447 e. The number of hydrogen-bond acceptors (Lipinski definition) is 9. The van der Waals surface area contributed by atoms with Gasteiger partial charge in [0.1, 0.15) is 13.2 Å². The number of carbonyl (C=O) groups is 5. The molecule has 5 amide bonds. The molecule has 0 saturated carbocycles. The molecule has 0 aliphatic carbocycles. The van der Waals surface area contributed by atoms with Gasteiger partial charge in [-0.2, -0.15) is 0 Å². The van der Waals surface area contributed by atoms with Gasteiger partial charge in [-0.3, -0.25) is 24.1 Å². The highest BCUT2D eigenvalue weighted by molar-refractivity contribution is 6.03. The molecule has 0 aromatic rings. The molecule has 3 N–H and O–H groups in total. The number of unbranched alkanes of at least 4 members (excludes halogenated alkanes) is 2. The van der Waals surface area contributed by atoms with Gasteiger partial charge in [0, 0.05) is 52.0 Å². The summed E-state index contributed by atoms with van der Waals surface area (Å²) >= 11 is 0. The number of hydrogen-bond donors (Lipinski definition) is 3. The van der Waals surface area contributed by atoms with Gasteiger partial charge in [-0.1, -0.05) is 13.3 Å². The van der Waals surface area contributed by atoms with E-state index in [1.54, 1.807) is 14.0 Å². The van der Waals surface area contributed by atoms with Crippen molar-refractivity contribution < 1.29 is 42.9 Å². The number of carbonyl (C=O) groups excluding carboxylic acids is 5. The predicted octanol–water partition coefficient (Wildman–Crippen LogP) is -0.420. The van der Waals surface area contributed by atoms with Crippen LogP contribution in [-0.4, -0.2) is 108 Å². The zero-order valence-electron chi connectivity index (χ0n) is 21.3. The third-order valence-corrected chi connectivity index (χ3v) is 5.16. The first-order valence-electron chi connectivity index (χ1n) is 12.3. The van der Waals surface area contributed by atoms with Gasteiger partial charge >= 0.3 is 6.09 Å². The Kier molecular flexibility index (Phi) is 16.9. The van der Waals surface area contributed by atoms with Crippen molar-refractivity contribution in [2.75, 3.05) is 72.9 Å². The summed E-state index contributed by atoms with van der Waals surface area (Å²) < 4.78 is 20.2. The Morgan fingerprint density at radius 1 is 0.861 bits per heavy atom. The second kappa shape index (κ2) is 19.4. The summed E-state index contributed by atoms with van der Waals surface area (Å²) in [6, 6.07) is 0. The normalized spacial score (nSPS) is 15.2. The van der Waals surface area contributed by atoms with Crippen molar-refractivity contribution in [3.05, 3.63) is 0 Å². The minimum absolute atomic E-state index is 0.0589. The minimum Gasteiger partial charge on any atom is -0.447 e. The van der Waals surface area contributed by atoms with E-state index < -0.39 is 6.09 Å². The lowest BCUT2D eigenvalue weighted by molar-refractivity contribution is -0.139. The van der Waals surface area contributed by atoms with Crippen molar-refractivity contribution in [1.82, 2.24) is 20.9 Å². The molecule has 1 saturated heterocycles. The van der Waals surface area contributed by atoms with Gasteiger partial charge in [-0.25, -0.2) is 4.79 Å². The van der Waals surface area contributed by atoms with E-state index in [1.165, 1.54) is 4.90 Å². The van der Waals surface area contributed by atoms with Crippen molar-refractivity contribution in [2.45, 2.75) is 39.0 Å². The van der Waals surface area contributed by atoms with Crippen LogP contribution in [-0.2, 0) is 38.1 Å². The van der Waals surface area contributed by atoms with Crippen LogP contribution < -0.4 is 16.0 Å². The van der Waals surface area contributed by atoms with Gasteiger partial charge in [0.15, 0.2) is 0 Å². The lowest BCUT2D eigenvalue weighted by Crippen LogP contribution is -2.33. The van der Waals surface area contributed by atoms with Crippen LogP contribution >= 0.6 is 0 Å². The third-order valence-electron chi connectivity index (χ3n) is 5.16. The number of imide groups is 1. The number of nitrogens with one attached hydrogen (secondary N) is 3. The van der Waals surface area contributed by atoms with Crippen LogP contribution in [0.5, 0.6) is 0 Å². The van der Waals surface area contributed by atoms with E-state index in [0.717, 1.165) is 6.42 Å². The standard InChI is InChI=1S/C23H40N4O9/c1-18-16-21(30)27(22(18)31)10-5-3-4-6-19(28)24-8-12-34-14-15-36-23(32)26-9-13-35-17-20(29)25-7-11-33-2/h18H,3-17H2,1-2H3,(H,24,28)(H,25,29)(H,26,32). The Bertz CT molecular complexity index is 705. The molecule has 206 valence electrons. The molecule has 1 heterocycles. The molecular weight excluding hydrogens is 476 g/mol. The fourth-order valence-electron chi connectivity index (χ4n) is 3.25. The summed E-state index contributed by atoms with van der Waals surface area (Å²) in [7, 11) is 1.54. The quantitative estimate of drug-likeness (QED) is 0.144. The van der Waals surface area contributed by atoms with E-state index >= 15 is 0 Å². The van der Waals surface area contributed by atoms with E-state index in [-0.39, 0.29) is 75.5 Å². The number of alkyl carbamates (subject to hydrolysis) is 1. The monoisotopic (exact) mass is 516 g/mol. The summed E-state index contributed by atoms with van der Waals surface area (Å²) in [4.78, 5) is 59.6. The topological polar surface area (TPSA) is 162 Å². The SMILES string of the molecule is COCCNC(=O)COCCNC(=O)OCCOCCNC(=O)CCCCCN1C(=O)CC(C)C1=O. The van der Waals surface area contributed by atoms with Gasteiger partial charge in [0.05, 0.1) is 26.4 Å². The highest BCUT2D eigenvalue weighted by Crippen LogP contribution is 2.19. The second-order valence-corrected chi connectivity index (χ2v) is 8.22. The molecule has 13 heteroatoms. The van der Waals surface area contributed by atoms with Crippen molar-refractivity contribution >= 4 is 29.7 Å². The van der Waals surface area contributed by atoms with Gasteiger partial charge < -0.3 is 34.9 Å². The van der Waals surface area contributed by atoms with Crippen molar-refractivity contribution in [3.8, 4) is 0 Å². The van der Waals surface area contributed by atoms with Crippen LogP contribution in [0.3, 0.4) is 0 Å². The van der Waals surface area contributed by atoms with Gasteiger partial charge in [0.25, 0.3) is 0 Å². The van der Waals surface area contributed by atoms with Crippen LogP contribution in [0, 0.1) is 5.92 Å². The molecule has 1 aliphatic rings. The van der Waals surface area contributed by atoms with Gasteiger partial charge in [-0.05, 0) is 12.8 Å². The Hall–Kier alpha value is -2.77. The number of ether oxygens (including phenoxy) is 4. The summed E-state index contributed by atoms with van der Waals surface area (Å²) in [5.74, 6) is -0.796. The smallest absolute Gasteiger partial charge is 0.407 e. The Morgan fingerprint density at radius 2 is 1.56 bits per heavy atom. The molecular formula is C23H40N4O9. The Morgan fingerprint density at radius 3 is 2.28 bits per heavy atom. The van der Waals surface area contributed by atoms with Crippen molar-refractivity contribution in [1.29, 1.82) is 0 Å². The molecule has 1 unspecified atom stereocenters. The molecule has 0 bridgehead atoms. The summed E-state index contributed by atoms with van der Waals surface area (Å²) in [5.41, 5.74) is 0. The van der Waals surface area contributed by atoms with E-state index in [9.17, 15) is 24.0 Å². The maximum absolute atomic E-state index is 11.8. The van der Waals surface area contributed by atoms with E-state index in [1.807, 2.05) is 0 Å². The average Bonchev–Trinajstić information content (AvgIpc) is 3.08. The molecule has 13 nitrogen and oxygen atoms in total. The number of nitrogens with zero attached hydrogens (tertiary/aromatic N) is 1. The molecule has 0 radical (unpaired) electrons. The molecule has 1 aliphatic heterocycles. The number of rotatable bonds is 20. The fraction of sp³-hybridized carbons (Fsp3) is 0.783. The first kappa shape index (κ1) is 31.3. The Labute approximate surface area is 211 Å². The summed E-state index contributed by atoms with van der Waals surface area (Å²) in [6.45, 7) is 4.15.